The SMILES string of the molecule is C=[O+]C(=O)c1ccc2c(c1)NC(N1CCCCCC1)=C(c1cc3ccc(F)cc3o1)N2. The van der Waals surface area contributed by atoms with E-state index in [0.717, 1.165) is 54.2 Å². The number of carbonyl (C=O) groups excluding carboxylic acids is 2. The largest absolute Gasteiger partial charge is 0.612 e. The smallest absolute Gasteiger partial charge is 0.454 e. The van der Waals surface area contributed by atoms with E-state index < -0.39 is 5.97 Å². The van der Waals surface area contributed by atoms with Gasteiger partial charge in [-0.2, -0.15) is 0 Å². The van der Waals surface area contributed by atoms with Gasteiger partial charge in [0, 0.05) is 24.5 Å². The van der Waals surface area contributed by atoms with Crippen molar-refractivity contribution in [2.45, 2.75) is 25.7 Å². The van der Waals surface area contributed by atoms with Crippen LogP contribution in [0.5, 0.6) is 0 Å². The van der Waals surface area contributed by atoms with E-state index in [1.165, 1.54) is 25.0 Å². The number of hydrogen-bond donors (Lipinski definition) is 2. The van der Waals surface area contributed by atoms with Crippen molar-refractivity contribution in [3.05, 3.63) is 65.4 Å². The lowest BCUT2D eigenvalue weighted by molar-refractivity contribution is -0.334. The van der Waals surface area contributed by atoms with E-state index in [0.29, 0.717) is 16.9 Å². The summed E-state index contributed by atoms with van der Waals surface area (Å²) < 4.78 is 24.3. The highest BCUT2D eigenvalue weighted by Crippen LogP contribution is 2.38. The molecule has 5 rings (SSSR count). The van der Waals surface area contributed by atoms with Gasteiger partial charge in [0.05, 0.1) is 16.2 Å². The number of fused-ring (bicyclic) bond motifs is 2. The molecule has 0 spiro atoms. The van der Waals surface area contributed by atoms with Crippen LogP contribution in [0.25, 0.3) is 16.7 Å². The second-order valence-corrected chi connectivity index (χ2v) is 7.86. The lowest BCUT2D eigenvalue weighted by Gasteiger charge is -2.33. The van der Waals surface area contributed by atoms with Crippen molar-refractivity contribution >= 4 is 40.8 Å². The number of hydrogen-bond acceptors (Lipinski definition) is 5. The standard InChI is InChI=1S/C24H22FN3O3/c1-30-24(29)16-7-9-18-19(12-16)27-23(28-10-4-2-3-5-11-28)22(26-18)21-13-15-6-8-17(25)14-20(15)31-21/h6-9,12-14,27H,1-5,10-11H2/p+1. The Labute approximate surface area is 179 Å². The van der Waals surface area contributed by atoms with Crippen molar-refractivity contribution in [1.29, 1.82) is 0 Å². The molecule has 0 amide bonds. The molecule has 31 heavy (non-hydrogen) atoms. The minimum atomic E-state index is -0.491. The summed E-state index contributed by atoms with van der Waals surface area (Å²) in [4.78, 5) is 14.2. The average molecular weight is 420 g/mol. The molecule has 2 aromatic carbocycles. The number of likely N-dealkylation sites (tertiary alicyclic amines) is 1. The third-order valence-electron chi connectivity index (χ3n) is 5.79. The van der Waals surface area contributed by atoms with Crippen LogP contribution in [-0.4, -0.2) is 30.7 Å². The van der Waals surface area contributed by atoms with Crippen LogP contribution in [-0.2, 0) is 4.42 Å². The summed E-state index contributed by atoms with van der Waals surface area (Å²) >= 11 is 0. The van der Waals surface area contributed by atoms with Crippen LogP contribution in [0.15, 0.2) is 52.7 Å². The highest BCUT2D eigenvalue weighted by molar-refractivity contribution is 5.95. The molecule has 6 nitrogen and oxygen atoms in total. The number of furan rings is 1. The predicted octanol–water partition coefficient (Wildman–Crippen LogP) is 5.12. The van der Waals surface area contributed by atoms with Gasteiger partial charge in [-0.05, 0) is 49.2 Å². The lowest BCUT2D eigenvalue weighted by atomic mass is 10.1. The maximum Gasteiger partial charge on any atom is 0.612 e. The van der Waals surface area contributed by atoms with Gasteiger partial charge in [-0.25, -0.2) is 4.39 Å². The topological polar surface area (TPSA) is 68.8 Å². The highest BCUT2D eigenvalue weighted by Gasteiger charge is 2.28. The zero-order valence-electron chi connectivity index (χ0n) is 17.0. The normalized spacial score (nSPS) is 16.4. The molecule has 2 aliphatic rings. The van der Waals surface area contributed by atoms with Crippen LogP contribution in [0.3, 0.4) is 0 Å². The zero-order valence-corrected chi connectivity index (χ0v) is 17.0. The number of nitrogens with one attached hydrogen (secondary N) is 2. The minimum Gasteiger partial charge on any atom is -0.454 e. The van der Waals surface area contributed by atoms with Crippen LogP contribution in [0.2, 0.25) is 0 Å². The van der Waals surface area contributed by atoms with Crippen LogP contribution < -0.4 is 10.6 Å². The van der Waals surface area contributed by atoms with Crippen molar-refractivity contribution in [2.75, 3.05) is 23.7 Å². The molecule has 7 heteroatoms. The Bertz CT molecular complexity index is 1210. The lowest BCUT2D eigenvalue weighted by Crippen LogP contribution is -2.32. The Morgan fingerprint density at radius 2 is 1.81 bits per heavy atom. The molecule has 0 unspecified atom stereocenters. The summed E-state index contributed by atoms with van der Waals surface area (Å²) in [7, 11) is 0. The fourth-order valence-electron chi connectivity index (χ4n) is 4.19. The first-order valence-corrected chi connectivity index (χ1v) is 10.5. The summed E-state index contributed by atoms with van der Waals surface area (Å²) in [6, 6.07) is 11.7. The number of carbonyl (C=O) groups is 1. The highest BCUT2D eigenvalue weighted by atomic mass is 19.1. The molecule has 3 aromatic rings. The van der Waals surface area contributed by atoms with Gasteiger partial charge in [-0.1, -0.05) is 12.8 Å². The first-order chi connectivity index (χ1) is 15.1. The molecule has 1 saturated heterocycles. The number of anilines is 2. The maximum absolute atomic E-state index is 13.7. The van der Waals surface area contributed by atoms with Gasteiger partial charge < -0.3 is 20.0 Å². The van der Waals surface area contributed by atoms with E-state index in [4.69, 9.17) is 4.42 Å². The molecule has 0 aliphatic carbocycles. The van der Waals surface area contributed by atoms with Gasteiger partial charge in [-0.15, -0.1) is 0 Å². The van der Waals surface area contributed by atoms with Crippen LogP contribution >= 0.6 is 0 Å². The number of rotatable bonds is 3. The fraction of sp³-hybridized carbons (Fsp3) is 0.250. The Hall–Kier alpha value is -3.61. The molecule has 1 fully saturated rings. The predicted molar refractivity (Wildman–Crippen MR) is 118 cm³/mol. The fourth-order valence-corrected chi connectivity index (χ4v) is 4.19. The van der Waals surface area contributed by atoms with Crippen molar-refractivity contribution in [2.24, 2.45) is 0 Å². The average Bonchev–Trinajstić information content (AvgIpc) is 3.01. The number of benzene rings is 2. The molecule has 0 bridgehead atoms. The third kappa shape index (κ3) is 3.67. The van der Waals surface area contributed by atoms with Crippen molar-refractivity contribution < 1.29 is 18.0 Å². The first-order valence-electron chi connectivity index (χ1n) is 10.5. The summed E-state index contributed by atoms with van der Waals surface area (Å²) in [6.45, 7) is 5.04. The second kappa shape index (κ2) is 7.91. The monoisotopic (exact) mass is 420 g/mol. The van der Waals surface area contributed by atoms with E-state index in [1.54, 1.807) is 18.2 Å². The van der Waals surface area contributed by atoms with Gasteiger partial charge in [0.15, 0.2) is 12.5 Å². The third-order valence-corrected chi connectivity index (χ3v) is 5.79. The molecule has 1 aromatic heterocycles. The van der Waals surface area contributed by atoms with E-state index in [1.807, 2.05) is 12.1 Å². The zero-order chi connectivity index (χ0) is 21.4. The Morgan fingerprint density at radius 3 is 2.58 bits per heavy atom. The van der Waals surface area contributed by atoms with E-state index in [2.05, 4.69) is 26.7 Å². The quantitative estimate of drug-likeness (QED) is 0.576. The van der Waals surface area contributed by atoms with E-state index >= 15 is 0 Å². The second-order valence-electron chi connectivity index (χ2n) is 7.86. The molecule has 158 valence electrons. The Kier molecular flexibility index (Phi) is 4.94. The first kappa shape index (κ1) is 19.4. The maximum atomic E-state index is 13.7. The van der Waals surface area contributed by atoms with Crippen LogP contribution in [0, 0.1) is 5.82 Å². The van der Waals surface area contributed by atoms with Crippen LogP contribution in [0.1, 0.15) is 41.8 Å². The van der Waals surface area contributed by atoms with Gasteiger partial charge in [0.1, 0.15) is 28.5 Å². The van der Waals surface area contributed by atoms with Crippen LogP contribution in [0.4, 0.5) is 15.8 Å². The van der Waals surface area contributed by atoms with Gasteiger partial charge in [-0.3, -0.25) is 4.42 Å². The molecule has 0 atom stereocenters. The van der Waals surface area contributed by atoms with Gasteiger partial charge in [0.25, 0.3) is 0 Å². The number of halogens is 1. The molecular formula is C24H23FN3O3+. The van der Waals surface area contributed by atoms with Gasteiger partial charge >= 0.3 is 5.97 Å². The molecular weight excluding hydrogens is 397 g/mol. The minimum absolute atomic E-state index is 0.333. The summed E-state index contributed by atoms with van der Waals surface area (Å²) in [5.74, 6) is 0.684. The van der Waals surface area contributed by atoms with Gasteiger partial charge in [0.2, 0.25) is 0 Å². The number of nitrogens with zero attached hydrogens (tertiary/aromatic N) is 1. The molecule has 2 N–H and O–H groups in total. The van der Waals surface area contributed by atoms with Crippen molar-refractivity contribution in [1.82, 2.24) is 4.90 Å². The summed E-state index contributed by atoms with van der Waals surface area (Å²) in [5.41, 5.74) is 3.28. The van der Waals surface area contributed by atoms with E-state index in [9.17, 15) is 9.18 Å². The molecule has 0 radical (unpaired) electrons. The Balaban J connectivity index is 1.61. The summed E-state index contributed by atoms with van der Waals surface area (Å²) in [5, 5.41) is 7.79. The summed E-state index contributed by atoms with van der Waals surface area (Å²) in [6.07, 6.45) is 4.61. The van der Waals surface area contributed by atoms with E-state index in [-0.39, 0.29) is 5.82 Å². The molecule has 0 saturated carbocycles. The van der Waals surface area contributed by atoms with Crippen molar-refractivity contribution in [3.8, 4) is 0 Å². The Morgan fingerprint density at radius 1 is 1.00 bits per heavy atom. The molecule has 2 aliphatic heterocycles. The molecule has 3 heterocycles. The van der Waals surface area contributed by atoms with Crippen molar-refractivity contribution in [3.63, 3.8) is 0 Å².